The lowest BCUT2D eigenvalue weighted by Gasteiger charge is -2.15. The van der Waals surface area contributed by atoms with E-state index in [1.165, 1.54) is 33.5 Å². The van der Waals surface area contributed by atoms with Crippen LogP contribution in [0.5, 0.6) is 28.7 Å². The van der Waals surface area contributed by atoms with E-state index in [0.717, 1.165) is 5.75 Å². The van der Waals surface area contributed by atoms with Crippen molar-refractivity contribution in [1.29, 1.82) is 0 Å². The minimum atomic E-state index is -0.544. The Morgan fingerprint density at radius 1 is 0.730 bits per heavy atom. The lowest BCUT2D eigenvalue weighted by molar-refractivity contribution is 0.0933. The van der Waals surface area contributed by atoms with Gasteiger partial charge < -0.3 is 23.7 Å². The highest BCUT2D eigenvalue weighted by atomic mass is 32.1. The number of thiocarbonyl (C=S) groups is 1. The first-order valence-electron chi connectivity index (χ1n) is 11.1. The number of carbonyl (C=O) groups is 2. The molecular weight excluding hydrogens is 498 g/mol. The first kappa shape index (κ1) is 27.1. The van der Waals surface area contributed by atoms with Crippen molar-refractivity contribution >= 4 is 29.1 Å². The lowest BCUT2D eigenvalue weighted by atomic mass is 10.1. The molecular formula is C26H27N3O7S. The second kappa shape index (κ2) is 13.5. The normalized spacial score (nSPS) is 10.0. The maximum atomic E-state index is 12.8. The minimum absolute atomic E-state index is 0.118. The number of carbonyl (C=O) groups excluding carboxylic acids is 2. The highest BCUT2D eigenvalue weighted by molar-refractivity contribution is 7.80. The van der Waals surface area contributed by atoms with Gasteiger partial charge in [-0.15, -0.1) is 0 Å². The Morgan fingerprint density at radius 3 is 2.00 bits per heavy atom. The van der Waals surface area contributed by atoms with Crippen LogP contribution in [0.3, 0.4) is 0 Å². The van der Waals surface area contributed by atoms with Gasteiger partial charge in [-0.3, -0.25) is 25.8 Å². The third-order valence-electron chi connectivity index (χ3n) is 4.93. The highest BCUT2D eigenvalue weighted by Crippen LogP contribution is 2.38. The van der Waals surface area contributed by atoms with Crippen molar-refractivity contribution in [3.05, 3.63) is 77.9 Å². The van der Waals surface area contributed by atoms with Crippen LogP contribution in [0.25, 0.3) is 0 Å². The van der Waals surface area contributed by atoms with Crippen molar-refractivity contribution < 1.29 is 33.3 Å². The molecule has 194 valence electrons. The van der Waals surface area contributed by atoms with Gasteiger partial charge in [0.15, 0.2) is 16.6 Å². The summed E-state index contributed by atoms with van der Waals surface area (Å²) in [5.41, 5.74) is 5.41. The molecule has 0 fully saturated rings. The average molecular weight is 526 g/mol. The number of methoxy groups -OCH3 is 3. The molecule has 0 aliphatic heterocycles. The van der Waals surface area contributed by atoms with Crippen LogP contribution in [0.2, 0.25) is 0 Å². The molecule has 0 aliphatic carbocycles. The van der Waals surface area contributed by atoms with Gasteiger partial charge >= 0.3 is 0 Å². The molecule has 0 saturated carbocycles. The summed E-state index contributed by atoms with van der Waals surface area (Å²) < 4.78 is 27.1. The maximum Gasteiger partial charge on any atom is 0.269 e. The molecule has 0 bridgehead atoms. The molecule has 3 aromatic carbocycles. The van der Waals surface area contributed by atoms with Crippen LogP contribution in [0.4, 0.5) is 0 Å². The van der Waals surface area contributed by atoms with E-state index in [2.05, 4.69) is 16.2 Å². The number of nitrogens with one attached hydrogen (secondary N) is 3. The Labute approximate surface area is 219 Å². The van der Waals surface area contributed by atoms with Gasteiger partial charge in [0.25, 0.3) is 11.8 Å². The molecule has 0 spiro atoms. The summed E-state index contributed by atoms with van der Waals surface area (Å²) >= 11 is 5.15. The van der Waals surface area contributed by atoms with E-state index >= 15 is 0 Å². The zero-order chi connectivity index (χ0) is 26.6. The summed E-state index contributed by atoms with van der Waals surface area (Å²) in [5, 5.41) is 2.39. The van der Waals surface area contributed by atoms with Gasteiger partial charge in [0.2, 0.25) is 5.75 Å². The number of hydrogen-bond acceptors (Lipinski definition) is 8. The Bertz CT molecular complexity index is 1210. The minimum Gasteiger partial charge on any atom is -0.493 e. The van der Waals surface area contributed by atoms with E-state index in [1.54, 1.807) is 24.3 Å². The molecule has 0 unspecified atom stereocenters. The van der Waals surface area contributed by atoms with Gasteiger partial charge in [-0.05, 0) is 48.6 Å². The Morgan fingerprint density at radius 2 is 1.35 bits per heavy atom. The van der Waals surface area contributed by atoms with E-state index in [-0.39, 0.29) is 22.8 Å². The van der Waals surface area contributed by atoms with Crippen molar-refractivity contribution in [2.45, 2.75) is 0 Å². The van der Waals surface area contributed by atoms with Gasteiger partial charge in [0, 0.05) is 5.56 Å². The molecule has 0 heterocycles. The van der Waals surface area contributed by atoms with Gasteiger partial charge in [0.05, 0.1) is 26.9 Å². The zero-order valence-electron chi connectivity index (χ0n) is 20.5. The molecule has 11 heteroatoms. The first-order valence-corrected chi connectivity index (χ1v) is 11.5. The summed E-state index contributed by atoms with van der Waals surface area (Å²) in [5.74, 6) is 1.01. The molecule has 3 N–H and O–H groups in total. The summed E-state index contributed by atoms with van der Waals surface area (Å²) in [6.45, 7) is 0.527. The summed E-state index contributed by atoms with van der Waals surface area (Å²) in [6.07, 6.45) is 0. The zero-order valence-corrected chi connectivity index (χ0v) is 21.3. The largest absolute Gasteiger partial charge is 0.493 e. The average Bonchev–Trinajstić information content (AvgIpc) is 2.93. The lowest BCUT2D eigenvalue weighted by Crippen LogP contribution is -2.48. The molecule has 10 nitrogen and oxygen atoms in total. The predicted molar refractivity (Wildman–Crippen MR) is 141 cm³/mol. The summed E-state index contributed by atoms with van der Waals surface area (Å²) in [4.78, 5) is 25.4. The quantitative estimate of drug-likeness (QED) is 0.209. The monoisotopic (exact) mass is 525 g/mol. The Balaban J connectivity index is 1.54. The fourth-order valence-corrected chi connectivity index (χ4v) is 3.35. The molecule has 3 aromatic rings. The Kier molecular flexibility index (Phi) is 9.91. The molecule has 2 amide bonds. The molecule has 37 heavy (non-hydrogen) atoms. The maximum absolute atomic E-state index is 12.8. The second-order valence-electron chi connectivity index (χ2n) is 7.28. The number of benzene rings is 3. The van der Waals surface area contributed by atoms with Crippen LogP contribution in [0, 0.1) is 0 Å². The fraction of sp³-hybridized carbons (Fsp3) is 0.192. The van der Waals surface area contributed by atoms with Crippen molar-refractivity contribution in [3.63, 3.8) is 0 Å². The summed E-state index contributed by atoms with van der Waals surface area (Å²) in [6, 6.07) is 19.0. The third kappa shape index (κ3) is 7.48. The van der Waals surface area contributed by atoms with E-state index in [9.17, 15) is 9.59 Å². The second-order valence-corrected chi connectivity index (χ2v) is 7.69. The number of para-hydroxylation sites is 2. The van der Waals surface area contributed by atoms with Crippen molar-refractivity contribution in [1.82, 2.24) is 16.2 Å². The Hall–Kier alpha value is -4.51. The molecule has 0 aromatic heterocycles. The van der Waals surface area contributed by atoms with Gasteiger partial charge in [0.1, 0.15) is 24.7 Å². The van der Waals surface area contributed by atoms with E-state index in [4.69, 9.17) is 35.9 Å². The van der Waals surface area contributed by atoms with Crippen LogP contribution in [-0.2, 0) is 0 Å². The van der Waals surface area contributed by atoms with Crippen LogP contribution in [-0.4, -0.2) is 51.5 Å². The van der Waals surface area contributed by atoms with Gasteiger partial charge in [-0.1, -0.05) is 30.3 Å². The topological polar surface area (TPSA) is 116 Å². The molecule has 0 radical (unpaired) electrons. The van der Waals surface area contributed by atoms with Crippen LogP contribution < -0.4 is 39.9 Å². The third-order valence-corrected chi connectivity index (χ3v) is 5.13. The molecule has 3 rings (SSSR count). The van der Waals surface area contributed by atoms with Crippen molar-refractivity contribution in [2.75, 3.05) is 34.5 Å². The van der Waals surface area contributed by atoms with Crippen molar-refractivity contribution in [2.24, 2.45) is 0 Å². The van der Waals surface area contributed by atoms with Crippen LogP contribution in [0.1, 0.15) is 20.7 Å². The predicted octanol–water partition coefficient (Wildman–Crippen LogP) is 3.12. The first-order chi connectivity index (χ1) is 18.0. The van der Waals surface area contributed by atoms with Gasteiger partial charge in [-0.25, -0.2) is 0 Å². The van der Waals surface area contributed by atoms with E-state index < -0.39 is 11.8 Å². The number of ether oxygens (including phenoxy) is 5. The number of amides is 2. The highest BCUT2D eigenvalue weighted by Gasteiger charge is 2.18. The molecule has 0 aliphatic rings. The van der Waals surface area contributed by atoms with Crippen molar-refractivity contribution in [3.8, 4) is 28.7 Å². The molecule has 0 saturated heterocycles. The fourth-order valence-electron chi connectivity index (χ4n) is 3.21. The number of hydrazine groups is 1. The van der Waals surface area contributed by atoms with Gasteiger partial charge in [-0.2, -0.15) is 0 Å². The standard InChI is InChI=1S/C26H27N3O7S/c1-32-21-15-17(16-22(33-2)23(21)34-3)24(30)28-29-26(37)27-25(31)19-11-7-8-12-20(19)36-14-13-35-18-9-5-4-6-10-18/h4-12,15-16H,13-14H2,1-3H3,(H,28,30)(H2,27,29,31,37). The van der Waals surface area contributed by atoms with Crippen LogP contribution >= 0.6 is 12.2 Å². The van der Waals surface area contributed by atoms with Crippen LogP contribution in [0.15, 0.2) is 66.7 Å². The van der Waals surface area contributed by atoms with E-state index in [1.807, 2.05) is 30.3 Å². The number of rotatable bonds is 10. The SMILES string of the molecule is COc1cc(C(=O)NNC(=S)NC(=O)c2ccccc2OCCOc2ccccc2)cc(OC)c1OC. The smallest absolute Gasteiger partial charge is 0.269 e. The molecule has 0 atom stereocenters. The number of hydrogen-bond donors (Lipinski definition) is 3. The summed E-state index contributed by atoms with van der Waals surface area (Å²) in [7, 11) is 4.35. The van der Waals surface area contributed by atoms with E-state index in [0.29, 0.717) is 29.6 Å².